The Hall–Kier alpha value is -0.0151. The average molecular weight is 128 g/mol. The van der Waals surface area contributed by atoms with Gasteiger partial charge >= 0.3 is 7.12 Å². The van der Waals surface area contributed by atoms with Crippen LogP contribution < -0.4 is 0 Å². The van der Waals surface area contributed by atoms with Gasteiger partial charge in [-0.3, -0.25) is 0 Å². The van der Waals surface area contributed by atoms with Gasteiger partial charge in [-0.05, 0) is 13.7 Å². The van der Waals surface area contributed by atoms with Crippen LogP contribution in [0.1, 0.15) is 13.8 Å². The van der Waals surface area contributed by atoms with Crippen molar-refractivity contribution in [2.24, 2.45) is 5.92 Å². The van der Waals surface area contributed by atoms with Gasteiger partial charge in [0.25, 0.3) is 0 Å². The van der Waals surface area contributed by atoms with E-state index in [2.05, 4.69) is 13.8 Å². The molecule has 1 saturated heterocycles. The van der Waals surface area contributed by atoms with Crippen molar-refractivity contribution in [1.82, 2.24) is 0 Å². The second-order valence-corrected chi connectivity index (χ2v) is 2.72. The summed E-state index contributed by atoms with van der Waals surface area (Å²) in [6, 6.07) is 0. The number of rotatable bonds is 0. The fourth-order valence-electron chi connectivity index (χ4n) is 0.898. The third-order valence-electron chi connectivity index (χ3n) is 1.80. The van der Waals surface area contributed by atoms with Crippen LogP contribution in [-0.4, -0.2) is 19.8 Å². The van der Waals surface area contributed by atoms with Gasteiger partial charge in [-0.15, -0.1) is 0 Å². The second-order valence-electron chi connectivity index (χ2n) is 2.72. The first kappa shape index (κ1) is 7.10. The topological polar surface area (TPSA) is 18.5 Å². The number of hydrogen-bond acceptors (Lipinski definition) is 2. The van der Waals surface area contributed by atoms with Crippen LogP contribution in [0.2, 0.25) is 6.82 Å². The van der Waals surface area contributed by atoms with E-state index >= 15 is 0 Å². The van der Waals surface area contributed by atoms with Gasteiger partial charge in [0.2, 0.25) is 0 Å². The largest absolute Gasteiger partial charge is 0.453 e. The molecule has 1 heterocycles. The first-order valence-electron chi connectivity index (χ1n) is 3.47. The Balaban J connectivity index is 2.35. The lowest BCUT2D eigenvalue weighted by Gasteiger charge is -2.29. The zero-order valence-corrected chi connectivity index (χ0v) is 6.26. The molecule has 0 aromatic carbocycles. The van der Waals surface area contributed by atoms with Crippen LogP contribution in [-0.2, 0) is 9.31 Å². The molecule has 0 N–H and O–H groups in total. The molecule has 0 spiro atoms. The fourth-order valence-corrected chi connectivity index (χ4v) is 0.898. The minimum Gasteiger partial charge on any atom is -0.411 e. The molecule has 9 heavy (non-hydrogen) atoms. The minimum atomic E-state index is -0.00352. The summed E-state index contributed by atoms with van der Waals surface area (Å²) in [5.74, 6) is 0.543. The molecule has 52 valence electrons. The van der Waals surface area contributed by atoms with Crippen LogP contribution in [0, 0.1) is 5.92 Å². The van der Waals surface area contributed by atoms with E-state index in [1.165, 1.54) is 0 Å². The maximum Gasteiger partial charge on any atom is 0.453 e. The molecule has 0 amide bonds. The van der Waals surface area contributed by atoms with E-state index in [0.717, 1.165) is 6.61 Å². The van der Waals surface area contributed by atoms with Gasteiger partial charge in [0.05, 0.1) is 0 Å². The molecular formula is C6H13BO2. The summed E-state index contributed by atoms with van der Waals surface area (Å²) in [5.41, 5.74) is 0. The van der Waals surface area contributed by atoms with Gasteiger partial charge in [0, 0.05) is 18.6 Å². The zero-order valence-electron chi connectivity index (χ0n) is 6.26. The van der Waals surface area contributed by atoms with E-state index in [9.17, 15) is 0 Å². The van der Waals surface area contributed by atoms with Crippen LogP contribution >= 0.6 is 0 Å². The van der Waals surface area contributed by atoms with Crippen LogP contribution in [0.25, 0.3) is 0 Å². The third-order valence-corrected chi connectivity index (χ3v) is 1.80. The Morgan fingerprint density at radius 3 is 2.56 bits per heavy atom. The molecule has 1 rings (SSSR count). The van der Waals surface area contributed by atoms with Crippen molar-refractivity contribution in [1.29, 1.82) is 0 Å². The SMILES string of the molecule is CB1OC[C@H](C)[C@H](C)O1. The Morgan fingerprint density at radius 1 is 1.44 bits per heavy atom. The highest BCUT2D eigenvalue weighted by molar-refractivity contribution is 6.42. The molecule has 2 nitrogen and oxygen atoms in total. The molecule has 0 radical (unpaired) electrons. The van der Waals surface area contributed by atoms with E-state index in [0.29, 0.717) is 12.0 Å². The summed E-state index contributed by atoms with van der Waals surface area (Å²) in [5, 5.41) is 0. The van der Waals surface area contributed by atoms with Gasteiger partial charge in [0.1, 0.15) is 0 Å². The monoisotopic (exact) mass is 128 g/mol. The zero-order chi connectivity index (χ0) is 6.85. The average Bonchev–Trinajstić information content (AvgIpc) is 1.80. The van der Waals surface area contributed by atoms with Gasteiger partial charge in [0.15, 0.2) is 0 Å². The van der Waals surface area contributed by atoms with Crippen molar-refractivity contribution in [3.05, 3.63) is 0 Å². The molecule has 0 aromatic rings. The first-order chi connectivity index (χ1) is 4.20. The molecule has 1 aliphatic rings. The van der Waals surface area contributed by atoms with Crippen LogP contribution in [0.4, 0.5) is 0 Å². The predicted molar refractivity (Wildman–Crippen MR) is 37.3 cm³/mol. The summed E-state index contributed by atoms with van der Waals surface area (Å²) in [7, 11) is -0.00352. The van der Waals surface area contributed by atoms with Crippen LogP contribution in [0.15, 0.2) is 0 Å². The molecule has 0 aliphatic carbocycles. The van der Waals surface area contributed by atoms with Crippen molar-refractivity contribution < 1.29 is 9.31 Å². The van der Waals surface area contributed by atoms with Crippen molar-refractivity contribution in [3.63, 3.8) is 0 Å². The summed E-state index contributed by atoms with van der Waals surface area (Å²) < 4.78 is 10.6. The quantitative estimate of drug-likeness (QED) is 0.456. The lowest BCUT2D eigenvalue weighted by Crippen LogP contribution is -2.38. The smallest absolute Gasteiger partial charge is 0.411 e. The molecule has 1 fully saturated rings. The second kappa shape index (κ2) is 2.71. The molecule has 0 bridgehead atoms. The standard InChI is InChI=1S/C6H13BO2/c1-5-4-8-7(3)9-6(5)2/h5-6H,4H2,1-3H3/t5-,6-/m0/s1. The van der Waals surface area contributed by atoms with E-state index in [-0.39, 0.29) is 7.12 Å². The Kier molecular flexibility index (Phi) is 2.14. The van der Waals surface area contributed by atoms with Gasteiger partial charge < -0.3 is 9.31 Å². The summed E-state index contributed by atoms with van der Waals surface area (Å²) in [6.45, 7) is 6.99. The molecule has 0 aromatic heterocycles. The van der Waals surface area contributed by atoms with Crippen LogP contribution in [0.5, 0.6) is 0 Å². The van der Waals surface area contributed by atoms with Gasteiger partial charge in [-0.25, -0.2) is 0 Å². The van der Waals surface area contributed by atoms with Crippen molar-refractivity contribution in [2.45, 2.75) is 26.8 Å². The molecular weight excluding hydrogens is 115 g/mol. The lowest BCUT2D eigenvalue weighted by molar-refractivity contribution is 0.0341. The minimum absolute atomic E-state index is 0.00352. The van der Waals surface area contributed by atoms with Gasteiger partial charge in [-0.2, -0.15) is 0 Å². The highest BCUT2D eigenvalue weighted by atomic mass is 16.6. The summed E-state index contributed by atoms with van der Waals surface area (Å²) in [6.07, 6.45) is 0.355. The molecule has 2 atom stereocenters. The molecule has 0 unspecified atom stereocenters. The van der Waals surface area contributed by atoms with Crippen molar-refractivity contribution in [3.8, 4) is 0 Å². The summed E-state index contributed by atoms with van der Waals surface area (Å²) >= 11 is 0. The van der Waals surface area contributed by atoms with E-state index in [1.54, 1.807) is 0 Å². The first-order valence-corrected chi connectivity index (χ1v) is 3.47. The highest BCUT2D eigenvalue weighted by Gasteiger charge is 2.25. The molecule has 1 aliphatic heterocycles. The normalized spacial score (nSPS) is 37.0. The third kappa shape index (κ3) is 1.70. The fraction of sp³-hybridized carbons (Fsp3) is 1.00. The van der Waals surface area contributed by atoms with E-state index in [4.69, 9.17) is 9.31 Å². The van der Waals surface area contributed by atoms with E-state index in [1.807, 2.05) is 6.82 Å². The molecule has 3 heteroatoms. The van der Waals surface area contributed by atoms with Crippen LogP contribution in [0.3, 0.4) is 0 Å². The maximum atomic E-state index is 5.38. The van der Waals surface area contributed by atoms with Gasteiger partial charge in [-0.1, -0.05) is 6.92 Å². The van der Waals surface area contributed by atoms with Crippen molar-refractivity contribution in [2.75, 3.05) is 6.61 Å². The van der Waals surface area contributed by atoms with E-state index < -0.39 is 0 Å². The Labute approximate surface area is 56.7 Å². The van der Waals surface area contributed by atoms with Crippen molar-refractivity contribution >= 4 is 7.12 Å². The Bertz CT molecular complexity index is 97.1. The predicted octanol–water partition coefficient (Wildman–Crippen LogP) is 1.18. The molecule has 0 saturated carbocycles. The maximum absolute atomic E-state index is 5.38. The highest BCUT2D eigenvalue weighted by Crippen LogP contribution is 2.14. The lowest BCUT2D eigenvalue weighted by atomic mass is 9.90. The number of hydrogen-bond donors (Lipinski definition) is 0. The Morgan fingerprint density at radius 2 is 2.11 bits per heavy atom. The summed E-state index contributed by atoms with van der Waals surface area (Å²) in [4.78, 5) is 0.